The molecule has 1 heterocycles. The van der Waals surface area contributed by atoms with E-state index in [1.807, 2.05) is 6.92 Å². The SMILES string of the molecule is Cc1cnc(CNc2cc(C(N)=O)c(N)cc2F)s1. The van der Waals surface area contributed by atoms with Crippen molar-refractivity contribution in [2.45, 2.75) is 13.5 Å². The lowest BCUT2D eigenvalue weighted by Crippen LogP contribution is -2.14. The standard InChI is InChI=1S/C12H13FN4OS/c1-6-4-17-11(19-6)5-16-10-2-7(12(15)18)9(14)3-8(10)13/h2-4,16H,5,14H2,1H3,(H2,15,18). The Kier molecular flexibility index (Phi) is 3.66. The molecule has 0 fully saturated rings. The Labute approximate surface area is 113 Å². The zero-order valence-corrected chi connectivity index (χ0v) is 11.1. The van der Waals surface area contributed by atoms with Crippen molar-refractivity contribution >= 4 is 28.6 Å². The van der Waals surface area contributed by atoms with Crippen LogP contribution in [0.1, 0.15) is 20.2 Å². The monoisotopic (exact) mass is 280 g/mol. The van der Waals surface area contributed by atoms with E-state index in [0.29, 0.717) is 6.54 Å². The molecule has 0 radical (unpaired) electrons. The first-order valence-electron chi connectivity index (χ1n) is 5.51. The van der Waals surface area contributed by atoms with Gasteiger partial charge in [0.05, 0.1) is 17.8 Å². The number of carbonyl (C=O) groups is 1. The molecule has 0 saturated heterocycles. The molecule has 1 amide bonds. The second kappa shape index (κ2) is 5.23. The Morgan fingerprint density at radius 1 is 1.53 bits per heavy atom. The second-order valence-corrected chi connectivity index (χ2v) is 5.32. The molecule has 0 aliphatic carbocycles. The van der Waals surface area contributed by atoms with Crippen molar-refractivity contribution in [2.24, 2.45) is 5.73 Å². The summed E-state index contributed by atoms with van der Waals surface area (Å²) in [4.78, 5) is 16.4. The summed E-state index contributed by atoms with van der Waals surface area (Å²) in [5, 5.41) is 3.70. The highest BCUT2D eigenvalue weighted by Gasteiger charge is 2.12. The van der Waals surface area contributed by atoms with Crippen molar-refractivity contribution in [3.63, 3.8) is 0 Å². The molecular formula is C12H13FN4OS. The van der Waals surface area contributed by atoms with Crippen LogP contribution in [0.2, 0.25) is 0 Å². The van der Waals surface area contributed by atoms with Gasteiger partial charge in [0.15, 0.2) is 0 Å². The molecule has 0 atom stereocenters. The van der Waals surface area contributed by atoms with Gasteiger partial charge < -0.3 is 16.8 Å². The summed E-state index contributed by atoms with van der Waals surface area (Å²) in [5.41, 5.74) is 11.0. The van der Waals surface area contributed by atoms with Crippen LogP contribution in [-0.2, 0) is 6.54 Å². The first-order chi connectivity index (χ1) is 8.97. The van der Waals surface area contributed by atoms with Crippen LogP contribution < -0.4 is 16.8 Å². The lowest BCUT2D eigenvalue weighted by atomic mass is 10.1. The number of carbonyl (C=O) groups excluding carboxylic acids is 1. The van der Waals surface area contributed by atoms with Crippen LogP contribution in [0.15, 0.2) is 18.3 Å². The molecule has 0 aliphatic rings. The lowest BCUT2D eigenvalue weighted by molar-refractivity contribution is 0.100. The number of nitrogens with zero attached hydrogens (tertiary/aromatic N) is 1. The molecule has 5 nitrogen and oxygen atoms in total. The number of aromatic nitrogens is 1. The average Bonchev–Trinajstić information content (AvgIpc) is 2.73. The van der Waals surface area contributed by atoms with Gasteiger partial charge in [0.2, 0.25) is 0 Å². The molecule has 0 bridgehead atoms. The Balaban J connectivity index is 2.20. The molecule has 2 aromatic rings. The minimum atomic E-state index is -0.689. The number of anilines is 2. The van der Waals surface area contributed by atoms with Gasteiger partial charge in [0, 0.05) is 16.8 Å². The molecule has 5 N–H and O–H groups in total. The van der Waals surface area contributed by atoms with E-state index in [1.165, 1.54) is 17.4 Å². The highest BCUT2D eigenvalue weighted by Crippen LogP contribution is 2.23. The second-order valence-electron chi connectivity index (χ2n) is 4.00. The smallest absolute Gasteiger partial charge is 0.250 e. The van der Waals surface area contributed by atoms with E-state index in [0.717, 1.165) is 16.0 Å². The van der Waals surface area contributed by atoms with E-state index in [9.17, 15) is 9.18 Å². The van der Waals surface area contributed by atoms with Gasteiger partial charge in [-0.2, -0.15) is 0 Å². The lowest BCUT2D eigenvalue weighted by Gasteiger charge is -2.09. The van der Waals surface area contributed by atoms with Crippen LogP contribution >= 0.6 is 11.3 Å². The molecule has 7 heteroatoms. The largest absolute Gasteiger partial charge is 0.398 e. The van der Waals surface area contributed by atoms with Gasteiger partial charge in [0.1, 0.15) is 10.8 Å². The van der Waals surface area contributed by atoms with E-state index in [2.05, 4.69) is 10.3 Å². The van der Waals surface area contributed by atoms with Gasteiger partial charge in [-0.1, -0.05) is 0 Å². The number of aryl methyl sites for hydroxylation is 1. The number of rotatable bonds is 4. The molecule has 100 valence electrons. The maximum absolute atomic E-state index is 13.7. The van der Waals surface area contributed by atoms with E-state index in [4.69, 9.17) is 11.5 Å². The van der Waals surface area contributed by atoms with Crippen LogP contribution in [-0.4, -0.2) is 10.9 Å². The number of thiazole rings is 1. The normalized spacial score (nSPS) is 10.4. The maximum Gasteiger partial charge on any atom is 0.250 e. The van der Waals surface area contributed by atoms with Crippen LogP contribution in [0.25, 0.3) is 0 Å². The van der Waals surface area contributed by atoms with Crippen molar-refractivity contribution in [1.29, 1.82) is 0 Å². The molecule has 1 aromatic carbocycles. The minimum absolute atomic E-state index is 0.0284. The number of halogens is 1. The van der Waals surface area contributed by atoms with Crippen molar-refractivity contribution in [3.05, 3.63) is 39.6 Å². The third-order valence-corrected chi connectivity index (χ3v) is 3.42. The quantitative estimate of drug-likeness (QED) is 0.745. The van der Waals surface area contributed by atoms with Gasteiger partial charge in [-0.05, 0) is 19.1 Å². The summed E-state index contributed by atoms with van der Waals surface area (Å²) in [7, 11) is 0. The molecular weight excluding hydrogens is 267 g/mol. The highest BCUT2D eigenvalue weighted by atomic mass is 32.1. The Morgan fingerprint density at radius 3 is 2.84 bits per heavy atom. The topological polar surface area (TPSA) is 94.0 Å². The first-order valence-corrected chi connectivity index (χ1v) is 6.33. The van der Waals surface area contributed by atoms with Crippen molar-refractivity contribution in [1.82, 2.24) is 4.98 Å². The van der Waals surface area contributed by atoms with Crippen LogP contribution in [0.5, 0.6) is 0 Å². The number of amides is 1. The highest BCUT2D eigenvalue weighted by molar-refractivity contribution is 7.11. The number of primary amides is 1. The summed E-state index contributed by atoms with van der Waals surface area (Å²) in [6.45, 7) is 2.31. The molecule has 0 saturated carbocycles. The van der Waals surface area contributed by atoms with Gasteiger partial charge in [-0.25, -0.2) is 9.37 Å². The number of nitrogens with one attached hydrogen (secondary N) is 1. The molecule has 19 heavy (non-hydrogen) atoms. The summed E-state index contributed by atoms with van der Waals surface area (Å²) in [5.74, 6) is -1.22. The van der Waals surface area contributed by atoms with Crippen LogP contribution in [0.3, 0.4) is 0 Å². The molecule has 0 unspecified atom stereocenters. The van der Waals surface area contributed by atoms with Crippen molar-refractivity contribution < 1.29 is 9.18 Å². The van der Waals surface area contributed by atoms with E-state index in [-0.39, 0.29) is 16.9 Å². The molecule has 0 aliphatic heterocycles. The fourth-order valence-corrected chi connectivity index (χ4v) is 2.32. The van der Waals surface area contributed by atoms with Crippen molar-refractivity contribution in [2.75, 3.05) is 11.1 Å². The van der Waals surface area contributed by atoms with Crippen LogP contribution in [0.4, 0.5) is 15.8 Å². The Bertz CT molecular complexity index is 626. The summed E-state index contributed by atoms with van der Waals surface area (Å²) in [6, 6.07) is 2.39. The number of hydrogen-bond acceptors (Lipinski definition) is 5. The van der Waals surface area contributed by atoms with Gasteiger partial charge >= 0.3 is 0 Å². The van der Waals surface area contributed by atoms with E-state index >= 15 is 0 Å². The fraction of sp³-hybridized carbons (Fsp3) is 0.167. The van der Waals surface area contributed by atoms with E-state index in [1.54, 1.807) is 6.20 Å². The zero-order chi connectivity index (χ0) is 14.0. The van der Waals surface area contributed by atoms with E-state index < -0.39 is 11.7 Å². The summed E-state index contributed by atoms with van der Waals surface area (Å²) in [6.07, 6.45) is 1.75. The Morgan fingerprint density at radius 2 is 2.26 bits per heavy atom. The number of benzene rings is 1. The maximum atomic E-state index is 13.7. The number of nitrogens with two attached hydrogens (primary N) is 2. The predicted octanol–water partition coefficient (Wildman–Crippen LogP) is 1.88. The molecule has 0 spiro atoms. The van der Waals surface area contributed by atoms with Crippen molar-refractivity contribution in [3.8, 4) is 0 Å². The third kappa shape index (κ3) is 3.00. The molecule has 1 aromatic heterocycles. The summed E-state index contributed by atoms with van der Waals surface area (Å²) >= 11 is 1.51. The minimum Gasteiger partial charge on any atom is -0.398 e. The third-order valence-electron chi connectivity index (χ3n) is 2.50. The number of nitrogen functional groups attached to an aromatic ring is 1. The first kappa shape index (κ1) is 13.3. The number of hydrogen-bond donors (Lipinski definition) is 3. The zero-order valence-electron chi connectivity index (χ0n) is 10.2. The van der Waals surface area contributed by atoms with Gasteiger partial charge in [-0.3, -0.25) is 4.79 Å². The van der Waals surface area contributed by atoms with Gasteiger partial charge in [0.25, 0.3) is 5.91 Å². The predicted molar refractivity (Wildman–Crippen MR) is 73.5 cm³/mol. The fourth-order valence-electron chi connectivity index (χ4n) is 1.59. The average molecular weight is 280 g/mol. The van der Waals surface area contributed by atoms with Gasteiger partial charge in [-0.15, -0.1) is 11.3 Å². The molecule has 2 rings (SSSR count). The van der Waals surface area contributed by atoms with Crippen LogP contribution in [0, 0.1) is 12.7 Å². The summed E-state index contributed by atoms with van der Waals surface area (Å²) < 4.78 is 13.7. The Hall–Kier alpha value is -2.15.